The molecular formula is C12H17NO2S. The van der Waals surface area contributed by atoms with Gasteiger partial charge in [-0.15, -0.1) is 0 Å². The van der Waals surface area contributed by atoms with E-state index in [1.54, 1.807) is 12.1 Å². The van der Waals surface area contributed by atoms with Crippen molar-refractivity contribution in [3.05, 3.63) is 23.8 Å². The maximum absolute atomic E-state index is 12.3. The first-order valence-electron chi connectivity index (χ1n) is 5.62. The summed E-state index contributed by atoms with van der Waals surface area (Å²) < 4.78 is 24.7. The smallest absolute Gasteiger partial charge is 0.183 e. The molecule has 1 aliphatic rings. The van der Waals surface area contributed by atoms with Crippen LogP contribution in [0.3, 0.4) is 0 Å². The molecule has 1 aliphatic carbocycles. The lowest BCUT2D eigenvalue weighted by molar-refractivity contribution is 0.580. The maximum Gasteiger partial charge on any atom is 0.183 e. The Morgan fingerprint density at radius 1 is 1.25 bits per heavy atom. The highest BCUT2D eigenvalue weighted by molar-refractivity contribution is 7.92. The molecule has 3 nitrogen and oxygen atoms in total. The number of hydrogen-bond donors (Lipinski definition) is 1. The van der Waals surface area contributed by atoms with Gasteiger partial charge in [-0.25, -0.2) is 8.42 Å². The Kier molecular flexibility index (Phi) is 2.93. The summed E-state index contributed by atoms with van der Waals surface area (Å²) in [5.41, 5.74) is 7.07. The van der Waals surface area contributed by atoms with Gasteiger partial charge < -0.3 is 5.73 Å². The van der Waals surface area contributed by atoms with Crippen molar-refractivity contribution in [2.45, 2.75) is 42.8 Å². The number of sulfone groups is 1. The van der Waals surface area contributed by atoms with Crippen LogP contribution in [0, 0.1) is 6.92 Å². The second kappa shape index (κ2) is 4.09. The summed E-state index contributed by atoms with van der Waals surface area (Å²) in [5.74, 6) is 0. The summed E-state index contributed by atoms with van der Waals surface area (Å²) in [7, 11) is -3.22. The molecule has 2 rings (SSSR count). The van der Waals surface area contributed by atoms with Crippen LogP contribution in [0.2, 0.25) is 0 Å². The molecule has 0 heterocycles. The van der Waals surface area contributed by atoms with Crippen LogP contribution in [-0.4, -0.2) is 13.7 Å². The normalized spacial score (nSPS) is 17.8. The van der Waals surface area contributed by atoms with Gasteiger partial charge in [0.1, 0.15) is 0 Å². The number of nitrogen functional groups attached to an aromatic ring is 1. The van der Waals surface area contributed by atoms with Crippen LogP contribution in [0.25, 0.3) is 0 Å². The average molecular weight is 239 g/mol. The lowest BCUT2D eigenvalue weighted by Crippen LogP contribution is -2.19. The minimum atomic E-state index is -3.22. The Hall–Kier alpha value is -1.03. The first-order chi connectivity index (χ1) is 7.51. The van der Waals surface area contributed by atoms with Crippen LogP contribution >= 0.6 is 0 Å². The van der Waals surface area contributed by atoms with E-state index < -0.39 is 9.84 Å². The summed E-state index contributed by atoms with van der Waals surface area (Å²) in [4.78, 5) is 0.319. The molecule has 2 N–H and O–H groups in total. The van der Waals surface area contributed by atoms with E-state index in [0.717, 1.165) is 31.2 Å². The van der Waals surface area contributed by atoms with E-state index in [1.807, 2.05) is 13.0 Å². The molecule has 0 spiro atoms. The van der Waals surface area contributed by atoms with Crippen LogP contribution in [0.15, 0.2) is 23.1 Å². The van der Waals surface area contributed by atoms with E-state index in [-0.39, 0.29) is 5.25 Å². The Morgan fingerprint density at radius 2 is 1.88 bits per heavy atom. The second-order valence-electron chi connectivity index (χ2n) is 4.49. The number of rotatable bonds is 2. The van der Waals surface area contributed by atoms with E-state index in [1.165, 1.54) is 0 Å². The summed E-state index contributed by atoms with van der Waals surface area (Å²) >= 11 is 0. The Bertz CT molecular complexity index is 488. The van der Waals surface area contributed by atoms with Gasteiger partial charge in [-0.05, 0) is 37.5 Å². The summed E-state index contributed by atoms with van der Waals surface area (Å²) in [6, 6.07) is 5.20. The van der Waals surface area contributed by atoms with Crippen molar-refractivity contribution in [3.63, 3.8) is 0 Å². The summed E-state index contributed by atoms with van der Waals surface area (Å²) in [5, 5.41) is -0.225. The van der Waals surface area contributed by atoms with Crippen LogP contribution in [-0.2, 0) is 9.84 Å². The van der Waals surface area contributed by atoms with Gasteiger partial charge in [0.2, 0.25) is 0 Å². The quantitative estimate of drug-likeness (QED) is 0.805. The fourth-order valence-corrected chi connectivity index (χ4v) is 4.33. The molecule has 4 heteroatoms. The highest BCUT2D eigenvalue weighted by Gasteiger charge is 2.31. The van der Waals surface area contributed by atoms with Crippen molar-refractivity contribution in [2.24, 2.45) is 0 Å². The fraction of sp³-hybridized carbons (Fsp3) is 0.500. The molecule has 1 saturated carbocycles. The number of nitrogens with two attached hydrogens (primary N) is 1. The van der Waals surface area contributed by atoms with Gasteiger partial charge >= 0.3 is 0 Å². The van der Waals surface area contributed by atoms with E-state index in [2.05, 4.69) is 0 Å². The van der Waals surface area contributed by atoms with Crippen molar-refractivity contribution in [1.82, 2.24) is 0 Å². The number of hydrogen-bond acceptors (Lipinski definition) is 3. The van der Waals surface area contributed by atoms with E-state index in [0.29, 0.717) is 10.6 Å². The molecule has 0 saturated heterocycles. The molecule has 0 aliphatic heterocycles. The van der Waals surface area contributed by atoms with Crippen LogP contribution < -0.4 is 5.73 Å². The van der Waals surface area contributed by atoms with E-state index in [4.69, 9.17) is 5.73 Å². The molecule has 0 atom stereocenters. The van der Waals surface area contributed by atoms with Gasteiger partial charge in [-0.1, -0.05) is 18.9 Å². The molecule has 0 aromatic heterocycles. The molecule has 1 aromatic rings. The SMILES string of the molecule is Cc1ccc(N)c(S(=O)(=O)C2CCCC2)c1. The highest BCUT2D eigenvalue weighted by Crippen LogP contribution is 2.32. The van der Waals surface area contributed by atoms with Gasteiger partial charge in [-0.3, -0.25) is 0 Å². The predicted molar refractivity (Wildman–Crippen MR) is 65.0 cm³/mol. The molecule has 88 valence electrons. The zero-order chi connectivity index (χ0) is 11.8. The molecule has 0 unspecified atom stereocenters. The van der Waals surface area contributed by atoms with Gasteiger partial charge in [0.05, 0.1) is 15.8 Å². The molecule has 0 radical (unpaired) electrons. The van der Waals surface area contributed by atoms with E-state index in [9.17, 15) is 8.42 Å². The maximum atomic E-state index is 12.3. The van der Waals surface area contributed by atoms with Crippen LogP contribution in [0.5, 0.6) is 0 Å². The van der Waals surface area contributed by atoms with Crippen molar-refractivity contribution in [1.29, 1.82) is 0 Å². The van der Waals surface area contributed by atoms with Crippen molar-refractivity contribution in [3.8, 4) is 0 Å². The number of anilines is 1. The highest BCUT2D eigenvalue weighted by atomic mass is 32.2. The Morgan fingerprint density at radius 3 is 2.50 bits per heavy atom. The fourth-order valence-electron chi connectivity index (χ4n) is 2.27. The first kappa shape index (κ1) is 11.5. The minimum absolute atomic E-state index is 0.225. The molecule has 16 heavy (non-hydrogen) atoms. The Balaban J connectivity index is 2.46. The average Bonchev–Trinajstić information content (AvgIpc) is 2.75. The molecule has 0 bridgehead atoms. The minimum Gasteiger partial charge on any atom is -0.398 e. The monoisotopic (exact) mass is 239 g/mol. The summed E-state index contributed by atoms with van der Waals surface area (Å²) in [6.07, 6.45) is 3.57. The number of benzene rings is 1. The van der Waals surface area contributed by atoms with Crippen molar-refractivity contribution in [2.75, 3.05) is 5.73 Å². The van der Waals surface area contributed by atoms with Gasteiger partial charge in [0.25, 0.3) is 0 Å². The zero-order valence-corrected chi connectivity index (χ0v) is 10.3. The predicted octanol–water partition coefficient (Wildman–Crippen LogP) is 2.29. The zero-order valence-electron chi connectivity index (χ0n) is 9.44. The standard InChI is InChI=1S/C12H17NO2S/c1-9-6-7-11(13)12(8-9)16(14,15)10-4-2-3-5-10/h6-8,10H,2-5,13H2,1H3. The van der Waals surface area contributed by atoms with Gasteiger partial charge in [-0.2, -0.15) is 0 Å². The lowest BCUT2D eigenvalue weighted by Gasteiger charge is -2.13. The molecule has 1 fully saturated rings. The molecule has 1 aromatic carbocycles. The second-order valence-corrected chi connectivity index (χ2v) is 6.69. The van der Waals surface area contributed by atoms with E-state index >= 15 is 0 Å². The molecule has 0 amide bonds. The largest absolute Gasteiger partial charge is 0.398 e. The number of aryl methyl sites for hydroxylation is 1. The first-order valence-corrected chi connectivity index (χ1v) is 7.16. The topological polar surface area (TPSA) is 60.2 Å². The molecular weight excluding hydrogens is 222 g/mol. The van der Waals surface area contributed by atoms with Gasteiger partial charge in [0, 0.05) is 0 Å². The van der Waals surface area contributed by atoms with Crippen molar-refractivity contribution < 1.29 is 8.42 Å². The third kappa shape index (κ3) is 1.94. The lowest BCUT2D eigenvalue weighted by atomic mass is 10.2. The van der Waals surface area contributed by atoms with Crippen LogP contribution in [0.4, 0.5) is 5.69 Å². The third-order valence-corrected chi connectivity index (χ3v) is 5.53. The van der Waals surface area contributed by atoms with Gasteiger partial charge in [0.15, 0.2) is 9.84 Å². The summed E-state index contributed by atoms with van der Waals surface area (Å²) in [6.45, 7) is 1.88. The van der Waals surface area contributed by atoms with Crippen LogP contribution in [0.1, 0.15) is 31.2 Å². The Labute approximate surface area is 96.6 Å². The van der Waals surface area contributed by atoms with Crippen molar-refractivity contribution >= 4 is 15.5 Å². The third-order valence-electron chi connectivity index (χ3n) is 3.22.